The Morgan fingerprint density at radius 3 is 2.36 bits per heavy atom. The van der Waals surface area contributed by atoms with E-state index in [2.05, 4.69) is 25.9 Å². The highest BCUT2D eigenvalue weighted by Gasteiger charge is 2.24. The molecule has 1 N–H and O–H groups in total. The van der Waals surface area contributed by atoms with E-state index in [1.165, 1.54) is 7.11 Å². The van der Waals surface area contributed by atoms with Gasteiger partial charge in [0.25, 0.3) is 0 Å². The van der Waals surface area contributed by atoms with Crippen LogP contribution >= 0.6 is 0 Å². The molecule has 0 bridgehead atoms. The molecule has 2 aromatic rings. The summed E-state index contributed by atoms with van der Waals surface area (Å²) in [5, 5.41) is 14.1. The molecule has 1 aromatic heterocycles. The molecule has 5 nitrogen and oxygen atoms in total. The number of aryl methyl sites for hydroxylation is 1. The molecule has 118 valence electrons. The molecular formula is C17H22N2O3. The van der Waals surface area contributed by atoms with Crippen LogP contribution in [-0.4, -0.2) is 28.0 Å². The first-order valence-electron chi connectivity index (χ1n) is 7.15. The third kappa shape index (κ3) is 2.71. The van der Waals surface area contributed by atoms with Gasteiger partial charge in [0.1, 0.15) is 5.75 Å². The van der Waals surface area contributed by atoms with E-state index in [-0.39, 0.29) is 11.1 Å². The molecule has 5 heteroatoms. The zero-order chi connectivity index (χ0) is 16.7. The van der Waals surface area contributed by atoms with Gasteiger partial charge in [0.15, 0.2) is 0 Å². The van der Waals surface area contributed by atoms with Gasteiger partial charge in [0, 0.05) is 16.8 Å². The number of methoxy groups -OCH3 is 1. The number of benzene rings is 1. The number of aromatic carboxylic acids is 1. The summed E-state index contributed by atoms with van der Waals surface area (Å²) in [4.78, 5) is 11.6. The molecule has 0 aliphatic rings. The second kappa shape index (κ2) is 5.48. The molecule has 1 aromatic carbocycles. The van der Waals surface area contributed by atoms with Gasteiger partial charge in [-0.15, -0.1) is 0 Å². The van der Waals surface area contributed by atoms with E-state index in [0.717, 1.165) is 17.0 Å². The summed E-state index contributed by atoms with van der Waals surface area (Å²) in [5.41, 5.74) is 3.37. The fourth-order valence-corrected chi connectivity index (χ4v) is 2.73. The van der Waals surface area contributed by atoms with E-state index in [1.807, 2.05) is 18.5 Å². The fourth-order valence-electron chi connectivity index (χ4n) is 2.73. The summed E-state index contributed by atoms with van der Waals surface area (Å²) in [5.74, 6) is -0.448. The molecule has 0 atom stereocenters. The number of hydrogen-bond acceptors (Lipinski definition) is 3. The normalized spacial score (nSPS) is 11.5. The van der Waals surface area contributed by atoms with Crippen molar-refractivity contribution in [2.45, 2.75) is 40.2 Å². The van der Waals surface area contributed by atoms with E-state index >= 15 is 0 Å². The summed E-state index contributed by atoms with van der Waals surface area (Å²) in [6.07, 6.45) is 0. The van der Waals surface area contributed by atoms with Gasteiger partial charge < -0.3 is 9.84 Å². The van der Waals surface area contributed by atoms with Crippen molar-refractivity contribution in [3.05, 3.63) is 35.2 Å². The number of aromatic nitrogens is 2. The van der Waals surface area contributed by atoms with Gasteiger partial charge >= 0.3 is 5.97 Å². The maximum absolute atomic E-state index is 11.6. The lowest BCUT2D eigenvalue weighted by atomic mass is 9.97. The Bertz CT molecular complexity index is 724. The number of carboxylic acids is 1. The second-order valence-corrected chi connectivity index (χ2v) is 6.35. The summed E-state index contributed by atoms with van der Waals surface area (Å²) < 4.78 is 7.07. The van der Waals surface area contributed by atoms with Crippen molar-refractivity contribution in [3.8, 4) is 16.9 Å². The van der Waals surface area contributed by atoms with Crippen molar-refractivity contribution in [2.75, 3.05) is 7.11 Å². The molecule has 0 aliphatic heterocycles. The number of rotatable bonds is 3. The van der Waals surface area contributed by atoms with Gasteiger partial charge in [-0.25, -0.2) is 4.79 Å². The van der Waals surface area contributed by atoms with E-state index in [1.54, 1.807) is 18.2 Å². The van der Waals surface area contributed by atoms with Crippen LogP contribution in [0.25, 0.3) is 11.1 Å². The highest BCUT2D eigenvalue weighted by molar-refractivity contribution is 5.97. The van der Waals surface area contributed by atoms with Crippen molar-refractivity contribution < 1.29 is 14.6 Å². The van der Waals surface area contributed by atoms with Crippen LogP contribution in [0.15, 0.2) is 18.2 Å². The van der Waals surface area contributed by atoms with Gasteiger partial charge in [-0.2, -0.15) is 5.10 Å². The van der Waals surface area contributed by atoms with Crippen LogP contribution in [0.4, 0.5) is 0 Å². The van der Waals surface area contributed by atoms with E-state index < -0.39 is 5.97 Å². The summed E-state index contributed by atoms with van der Waals surface area (Å²) in [7, 11) is 1.52. The summed E-state index contributed by atoms with van der Waals surface area (Å²) >= 11 is 0. The number of ether oxygens (including phenoxy) is 1. The predicted octanol–water partition coefficient (Wildman–Crippen LogP) is 3.63. The number of hydrogen-bond donors (Lipinski definition) is 1. The molecule has 0 spiro atoms. The first-order valence-corrected chi connectivity index (χ1v) is 7.15. The Kier molecular flexibility index (Phi) is 4.00. The van der Waals surface area contributed by atoms with Crippen LogP contribution in [-0.2, 0) is 5.54 Å². The lowest BCUT2D eigenvalue weighted by Crippen LogP contribution is -2.24. The Hall–Kier alpha value is -2.30. The Balaban J connectivity index is 2.72. The van der Waals surface area contributed by atoms with Crippen LogP contribution in [0.3, 0.4) is 0 Å². The van der Waals surface area contributed by atoms with E-state index in [9.17, 15) is 9.90 Å². The highest BCUT2D eigenvalue weighted by Crippen LogP contribution is 2.34. The predicted molar refractivity (Wildman–Crippen MR) is 85.6 cm³/mol. The lowest BCUT2D eigenvalue weighted by Gasteiger charge is -2.21. The molecule has 0 aliphatic carbocycles. The smallest absolute Gasteiger partial charge is 0.336 e. The Labute approximate surface area is 130 Å². The standard InChI is InChI=1S/C17H22N2O3/c1-10-15(11(2)19(18-10)17(3,4)5)13-8-7-12(22-6)9-14(13)16(20)21/h7-9H,1-6H3,(H,20,21). The SMILES string of the molecule is COc1ccc(-c2c(C)nn(C(C)(C)C)c2C)c(C(=O)O)c1. The number of nitrogens with zero attached hydrogens (tertiary/aromatic N) is 2. The third-order valence-corrected chi connectivity index (χ3v) is 3.65. The molecule has 0 radical (unpaired) electrons. The van der Waals surface area contributed by atoms with Crippen molar-refractivity contribution in [1.82, 2.24) is 9.78 Å². The fraction of sp³-hybridized carbons (Fsp3) is 0.412. The number of carboxylic acid groups (broad SMARTS) is 1. The molecule has 0 saturated carbocycles. The molecule has 0 unspecified atom stereocenters. The van der Waals surface area contributed by atoms with E-state index in [4.69, 9.17) is 4.74 Å². The molecule has 2 rings (SSSR count). The largest absolute Gasteiger partial charge is 0.497 e. The van der Waals surface area contributed by atoms with Crippen LogP contribution in [0.2, 0.25) is 0 Å². The van der Waals surface area contributed by atoms with Gasteiger partial charge in [0.2, 0.25) is 0 Å². The summed E-state index contributed by atoms with van der Waals surface area (Å²) in [6.45, 7) is 10.1. The third-order valence-electron chi connectivity index (χ3n) is 3.65. The molecule has 0 amide bonds. The van der Waals surface area contributed by atoms with Crippen molar-refractivity contribution in [1.29, 1.82) is 0 Å². The molecule has 1 heterocycles. The Morgan fingerprint density at radius 2 is 1.91 bits per heavy atom. The van der Waals surface area contributed by atoms with Crippen LogP contribution in [0.1, 0.15) is 42.5 Å². The minimum atomic E-state index is -0.976. The quantitative estimate of drug-likeness (QED) is 0.940. The van der Waals surface area contributed by atoms with Crippen LogP contribution in [0.5, 0.6) is 5.75 Å². The average molecular weight is 302 g/mol. The molecule has 0 fully saturated rings. The Morgan fingerprint density at radius 1 is 1.27 bits per heavy atom. The van der Waals surface area contributed by atoms with Gasteiger partial charge in [0.05, 0.1) is 23.9 Å². The first-order chi connectivity index (χ1) is 10.2. The summed E-state index contributed by atoms with van der Waals surface area (Å²) in [6, 6.07) is 5.10. The van der Waals surface area contributed by atoms with Crippen molar-refractivity contribution in [3.63, 3.8) is 0 Å². The second-order valence-electron chi connectivity index (χ2n) is 6.35. The monoisotopic (exact) mass is 302 g/mol. The van der Waals surface area contributed by atoms with Gasteiger partial charge in [-0.05, 0) is 52.8 Å². The van der Waals surface area contributed by atoms with E-state index in [0.29, 0.717) is 11.3 Å². The highest BCUT2D eigenvalue weighted by atomic mass is 16.5. The van der Waals surface area contributed by atoms with Gasteiger partial charge in [-0.1, -0.05) is 0 Å². The van der Waals surface area contributed by atoms with Crippen LogP contribution in [0, 0.1) is 13.8 Å². The maximum Gasteiger partial charge on any atom is 0.336 e. The topological polar surface area (TPSA) is 64.4 Å². The minimum absolute atomic E-state index is 0.164. The molecule has 0 saturated heterocycles. The molecular weight excluding hydrogens is 280 g/mol. The van der Waals surface area contributed by atoms with Crippen LogP contribution < -0.4 is 4.74 Å². The lowest BCUT2D eigenvalue weighted by molar-refractivity contribution is 0.0697. The van der Waals surface area contributed by atoms with Crippen molar-refractivity contribution in [2.24, 2.45) is 0 Å². The average Bonchev–Trinajstić information content (AvgIpc) is 2.73. The zero-order valence-corrected chi connectivity index (χ0v) is 13.9. The minimum Gasteiger partial charge on any atom is -0.497 e. The first kappa shape index (κ1) is 16.1. The maximum atomic E-state index is 11.6. The zero-order valence-electron chi connectivity index (χ0n) is 13.9. The van der Waals surface area contributed by atoms with Gasteiger partial charge in [-0.3, -0.25) is 4.68 Å². The molecule has 22 heavy (non-hydrogen) atoms. The van der Waals surface area contributed by atoms with Crippen molar-refractivity contribution >= 4 is 5.97 Å². The number of carbonyl (C=O) groups is 1.